The van der Waals surface area contributed by atoms with Crippen molar-refractivity contribution in [2.75, 3.05) is 11.9 Å². The maximum absolute atomic E-state index is 11.7. The summed E-state index contributed by atoms with van der Waals surface area (Å²) in [6.45, 7) is 1.26. The zero-order chi connectivity index (χ0) is 14.5. The number of anilines is 1. The summed E-state index contributed by atoms with van der Waals surface area (Å²) >= 11 is 5.79. The fraction of sp³-hybridized carbons (Fsp3) is 0.143. The maximum Gasteiger partial charge on any atom is 0.342 e. The van der Waals surface area contributed by atoms with Crippen LogP contribution in [0.2, 0.25) is 5.02 Å². The van der Waals surface area contributed by atoms with Crippen molar-refractivity contribution in [1.29, 1.82) is 0 Å². The number of nitrogens with one attached hydrogen (secondary N) is 1. The molecular formula is C14H12ClNO4. The number of aryl methyl sites for hydroxylation is 1. The summed E-state index contributed by atoms with van der Waals surface area (Å²) < 4.78 is 9.87. The molecule has 104 valence electrons. The lowest BCUT2D eigenvalue weighted by Gasteiger charge is -2.06. The predicted octanol–water partition coefficient (Wildman–Crippen LogP) is 3.04. The van der Waals surface area contributed by atoms with Crippen LogP contribution in [0.3, 0.4) is 0 Å². The number of benzene rings is 1. The van der Waals surface area contributed by atoms with Gasteiger partial charge in [0.05, 0.1) is 6.26 Å². The summed E-state index contributed by atoms with van der Waals surface area (Å²) in [5.74, 6) is -0.593. The molecule has 0 fully saturated rings. The summed E-state index contributed by atoms with van der Waals surface area (Å²) in [6, 6.07) is 8.18. The Morgan fingerprint density at radius 3 is 2.80 bits per heavy atom. The molecule has 0 aliphatic heterocycles. The van der Waals surface area contributed by atoms with Crippen molar-refractivity contribution in [3.05, 3.63) is 52.9 Å². The molecule has 0 saturated carbocycles. The molecule has 0 atom stereocenters. The zero-order valence-electron chi connectivity index (χ0n) is 10.7. The zero-order valence-corrected chi connectivity index (χ0v) is 11.4. The van der Waals surface area contributed by atoms with Crippen molar-refractivity contribution in [3.8, 4) is 0 Å². The quantitative estimate of drug-likeness (QED) is 0.880. The van der Waals surface area contributed by atoms with Gasteiger partial charge in [-0.1, -0.05) is 17.7 Å². The number of furan rings is 1. The summed E-state index contributed by atoms with van der Waals surface area (Å²) in [5.41, 5.74) is 0.846. The molecule has 0 saturated heterocycles. The van der Waals surface area contributed by atoms with E-state index in [1.54, 1.807) is 31.2 Å². The van der Waals surface area contributed by atoms with Crippen LogP contribution in [-0.4, -0.2) is 18.5 Å². The summed E-state index contributed by atoms with van der Waals surface area (Å²) in [7, 11) is 0. The number of hydrogen-bond donors (Lipinski definition) is 1. The van der Waals surface area contributed by atoms with Gasteiger partial charge in [0.1, 0.15) is 11.3 Å². The minimum absolute atomic E-state index is 0.306. The third-order valence-electron chi connectivity index (χ3n) is 2.52. The van der Waals surface area contributed by atoms with Crippen LogP contribution in [0.4, 0.5) is 5.69 Å². The summed E-state index contributed by atoms with van der Waals surface area (Å²) in [4.78, 5) is 23.3. The molecule has 1 aromatic heterocycles. The van der Waals surface area contributed by atoms with E-state index in [-0.39, 0.29) is 6.61 Å². The molecule has 20 heavy (non-hydrogen) atoms. The van der Waals surface area contributed by atoms with E-state index in [0.717, 1.165) is 0 Å². The number of rotatable bonds is 4. The predicted molar refractivity (Wildman–Crippen MR) is 73.8 cm³/mol. The van der Waals surface area contributed by atoms with Gasteiger partial charge < -0.3 is 14.5 Å². The Bertz CT molecular complexity index is 636. The highest BCUT2D eigenvalue weighted by molar-refractivity contribution is 6.30. The fourth-order valence-electron chi connectivity index (χ4n) is 1.57. The third-order valence-corrected chi connectivity index (χ3v) is 2.76. The number of carbonyl (C=O) groups excluding carboxylic acids is 2. The molecule has 1 aromatic carbocycles. The van der Waals surface area contributed by atoms with Crippen LogP contribution in [0.1, 0.15) is 16.1 Å². The second kappa shape index (κ2) is 6.25. The van der Waals surface area contributed by atoms with E-state index in [9.17, 15) is 9.59 Å². The van der Waals surface area contributed by atoms with Crippen LogP contribution in [0.15, 0.2) is 41.0 Å². The highest BCUT2D eigenvalue weighted by Gasteiger charge is 2.14. The van der Waals surface area contributed by atoms with E-state index >= 15 is 0 Å². The molecule has 6 heteroatoms. The average Bonchev–Trinajstić information content (AvgIpc) is 2.82. The van der Waals surface area contributed by atoms with Gasteiger partial charge in [0, 0.05) is 10.7 Å². The second-order valence-corrected chi connectivity index (χ2v) is 4.46. The van der Waals surface area contributed by atoms with E-state index < -0.39 is 11.9 Å². The molecular weight excluding hydrogens is 282 g/mol. The molecule has 0 radical (unpaired) electrons. The first-order valence-electron chi connectivity index (χ1n) is 5.83. The summed E-state index contributed by atoms with van der Waals surface area (Å²) in [6.07, 6.45) is 1.39. The van der Waals surface area contributed by atoms with Crippen LogP contribution < -0.4 is 5.32 Å². The molecule has 1 amide bonds. The van der Waals surface area contributed by atoms with Crippen molar-refractivity contribution in [3.63, 3.8) is 0 Å². The molecule has 0 spiro atoms. The highest BCUT2D eigenvalue weighted by Crippen LogP contribution is 2.15. The maximum atomic E-state index is 11.7. The third kappa shape index (κ3) is 3.61. The van der Waals surface area contributed by atoms with Gasteiger partial charge in [-0.25, -0.2) is 4.79 Å². The highest BCUT2D eigenvalue weighted by atomic mass is 35.5. The molecule has 5 nitrogen and oxygen atoms in total. The first-order chi connectivity index (χ1) is 9.56. The van der Waals surface area contributed by atoms with Crippen molar-refractivity contribution < 1.29 is 18.7 Å². The van der Waals surface area contributed by atoms with Gasteiger partial charge in [-0.15, -0.1) is 0 Å². The number of ether oxygens (including phenoxy) is 1. The van der Waals surface area contributed by atoms with Crippen molar-refractivity contribution in [1.82, 2.24) is 0 Å². The lowest BCUT2D eigenvalue weighted by Crippen LogP contribution is -2.21. The normalized spacial score (nSPS) is 10.1. The lowest BCUT2D eigenvalue weighted by molar-refractivity contribution is -0.119. The van der Waals surface area contributed by atoms with Gasteiger partial charge in [0.25, 0.3) is 5.91 Å². The van der Waals surface area contributed by atoms with E-state index in [1.807, 2.05) is 0 Å². The first-order valence-corrected chi connectivity index (χ1v) is 6.20. The van der Waals surface area contributed by atoms with E-state index in [4.69, 9.17) is 20.8 Å². The van der Waals surface area contributed by atoms with Gasteiger partial charge >= 0.3 is 5.97 Å². The van der Waals surface area contributed by atoms with Gasteiger partial charge in [-0.05, 0) is 31.2 Å². The van der Waals surface area contributed by atoms with Crippen molar-refractivity contribution in [2.45, 2.75) is 6.92 Å². The van der Waals surface area contributed by atoms with Gasteiger partial charge in [0.2, 0.25) is 0 Å². The SMILES string of the molecule is Cc1occc1C(=O)OCC(=O)Nc1cccc(Cl)c1. The minimum Gasteiger partial charge on any atom is -0.469 e. The van der Waals surface area contributed by atoms with Gasteiger partial charge in [0.15, 0.2) is 6.61 Å². The van der Waals surface area contributed by atoms with Crippen molar-refractivity contribution in [2.24, 2.45) is 0 Å². The Kier molecular flexibility index (Phi) is 4.42. The Labute approximate surface area is 120 Å². The minimum atomic E-state index is -0.600. The Balaban J connectivity index is 1.87. The topological polar surface area (TPSA) is 68.5 Å². The Morgan fingerprint density at radius 1 is 1.35 bits per heavy atom. The smallest absolute Gasteiger partial charge is 0.342 e. The molecule has 2 aromatic rings. The van der Waals surface area contributed by atoms with Crippen LogP contribution in [0, 0.1) is 6.92 Å². The molecule has 0 aliphatic rings. The van der Waals surface area contributed by atoms with E-state index in [2.05, 4.69) is 5.32 Å². The van der Waals surface area contributed by atoms with Gasteiger partial charge in [-0.3, -0.25) is 4.79 Å². The Hall–Kier alpha value is -2.27. The van der Waals surface area contributed by atoms with Crippen molar-refractivity contribution >= 4 is 29.2 Å². The van der Waals surface area contributed by atoms with Gasteiger partial charge in [-0.2, -0.15) is 0 Å². The van der Waals surface area contributed by atoms with Crippen LogP contribution >= 0.6 is 11.6 Å². The number of hydrogen-bond acceptors (Lipinski definition) is 4. The lowest BCUT2D eigenvalue weighted by atomic mass is 10.3. The fourth-order valence-corrected chi connectivity index (χ4v) is 1.76. The molecule has 1 N–H and O–H groups in total. The molecule has 0 unspecified atom stereocenters. The standard InChI is InChI=1S/C14H12ClNO4/c1-9-12(5-6-19-9)14(18)20-8-13(17)16-11-4-2-3-10(15)7-11/h2-7H,8H2,1H3,(H,16,17). The molecule has 2 rings (SSSR count). The number of esters is 1. The van der Waals surface area contributed by atoms with Crippen LogP contribution in [0.25, 0.3) is 0 Å². The second-order valence-electron chi connectivity index (χ2n) is 4.03. The summed E-state index contributed by atoms with van der Waals surface area (Å²) in [5, 5.41) is 3.08. The molecule has 0 bridgehead atoms. The van der Waals surface area contributed by atoms with E-state index in [1.165, 1.54) is 12.3 Å². The van der Waals surface area contributed by atoms with Crippen LogP contribution in [0.5, 0.6) is 0 Å². The number of carbonyl (C=O) groups is 2. The van der Waals surface area contributed by atoms with E-state index in [0.29, 0.717) is 22.0 Å². The number of amides is 1. The van der Waals surface area contributed by atoms with Crippen LogP contribution in [-0.2, 0) is 9.53 Å². The molecule has 0 aliphatic carbocycles. The largest absolute Gasteiger partial charge is 0.469 e. The number of halogens is 1. The monoisotopic (exact) mass is 293 g/mol. The Morgan fingerprint density at radius 2 is 2.15 bits per heavy atom. The first kappa shape index (κ1) is 14.1. The average molecular weight is 294 g/mol. The molecule has 1 heterocycles.